The largest absolute Gasteiger partial charge is 0.492 e. The molecule has 0 spiro atoms. The summed E-state index contributed by atoms with van der Waals surface area (Å²) >= 11 is 0. The van der Waals surface area contributed by atoms with Gasteiger partial charge in [-0.2, -0.15) is 0 Å². The predicted octanol–water partition coefficient (Wildman–Crippen LogP) is 1.17. The zero-order chi connectivity index (χ0) is 14.7. The Bertz CT molecular complexity index is 496. The van der Waals surface area contributed by atoms with Crippen molar-refractivity contribution in [1.29, 1.82) is 0 Å². The number of carbonyl (C=O) groups is 2. The van der Waals surface area contributed by atoms with Crippen molar-refractivity contribution in [3.05, 3.63) is 29.8 Å². The maximum atomic E-state index is 11.9. The van der Waals surface area contributed by atoms with Crippen LogP contribution in [0, 0.1) is 11.8 Å². The van der Waals surface area contributed by atoms with Crippen LogP contribution >= 0.6 is 0 Å². The number of hydrogen-bond donors (Lipinski definition) is 1. The minimum Gasteiger partial charge on any atom is -0.492 e. The van der Waals surface area contributed by atoms with Gasteiger partial charge in [0.05, 0.1) is 6.54 Å². The molecule has 1 heterocycles. The van der Waals surface area contributed by atoms with Crippen LogP contribution in [0.4, 0.5) is 0 Å². The SMILES string of the molecule is CC1C(=O)N(CCOc2cccc(CN)c2)C(=O)C1C. The van der Waals surface area contributed by atoms with Gasteiger partial charge in [0.2, 0.25) is 11.8 Å². The highest BCUT2D eigenvalue weighted by Gasteiger charge is 2.41. The van der Waals surface area contributed by atoms with Gasteiger partial charge in [-0.25, -0.2) is 0 Å². The van der Waals surface area contributed by atoms with Crippen LogP contribution in [0.3, 0.4) is 0 Å². The zero-order valence-corrected chi connectivity index (χ0v) is 11.8. The van der Waals surface area contributed by atoms with Gasteiger partial charge >= 0.3 is 0 Å². The van der Waals surface area contributed by atoms with Gasteiger partial charge in [0.25, 0.3) is 0 Å². The van der Waals surface area contributed by atoms with Crippen LogP contribution in [-0.2, 0) is 16.1 Å². The monoisotopic (exact) mass is 276 g/mol. The second-order valence-corrected chi connectivity index (χ2v) is 5.11. The summed E-state index contributed by atoms with van der Waals surface area (Å²) in [5.74, 6) is 0.0166. The molecule has 1 saturated heterocycles. The molecule has 1 aromatic carbocycles. The molecule has 2 unspecified atom stereocenters. The molecule has 108 valence electrons. The summed E-state index contributed by atoms with van der Waals surface area (Å²) in [4.78, 5) is 25.1. The Hall–Kier alpha value is -1.88. The minimum atomic E-state index is -0.233. The topological polar surface area (TPSA) is 72.6 Å². The zero-order valence-electron chi connectivity index (χ0n) is 11.8. The standard InChI is InChI=1S/C15H20N2O3/c1-10-11(2)15(19)17(14(10)18)6-7-20-13-5-3-4-12(8-13)9-16/h3-5,8,10-11H,6-7,9,16H2,1-2H3. The quantitative estimate of drug-likeness (QED) is 0.819. The molecule has 1 fully saturated rings. The van der Waals surface area contributed by atoms with Crippen LogP contribution in [0.15, 0.2) is 24.3 Å². The molecule has 2 rings (SSSR count). The molecule has 1 aliphatic heterocycles. The number of imide groups is 1. The van der Waals surface area contributed by atoms with E-state index in [-0.39, 0.29) is 23.7 Å². The van der Waals surface area contributed by atoms with Crippen molar-refractivity contribution in [1.82, 2.24) is 4.90 Å². The first-order valence-corrected chi connectivity index (χ1v) is 6.81. The highest BCUT2D eigenvalue weighted by molar-refractivity contribution is 6.04. The van der Waals surface area contributed by atoms with E-state index in [0.29, 0.717) is 25.4 Å². The number of nitrogens with zero attached hydrogens (tertiary/aromatic N) is 1. The number of amides is 2. The number of hydrogen-bond acceptors (Lipinski definition) is 4. The molecule has 0 radical (unpaired) electrons. The summed E-state index contributed by atoms with van der Waals surface area (Å²) in [5.41, 5.74) is 6.55. The maximum Gasteiger partial charge on any atom is 0.232 e. The predicted molar refractivity (Wildman–Crippen MR) is 74.9 cm³/mol. The van der Waals surface area contributed by atoms with Crippen molar-refractivity contribution in [2.45, 2.75) is 20.4 Å². The third kappa shape index (κ3) is 2.82. The smallest absolute Gasteiger partial charge is 0.232 e. The van der Waals surface area contributed by atoms with E-state index < -0.39 is 0 Å². The van der Waals surface area contributed by atoms with E-state index in [0.717, 1.165) is 5.56 Å². The number of rotatable bonds is 5. The van der Waals surface area contributed by atoms with Crippen LogP contribution in [0.5, 0.6) is 5.75 Å². The normalized spacial score (nSPS) is 22.4. The van der Waals surface area contributed by atoms with Crippen LogP contribution < -0.4 is 10.5 Å². The van der Waals surface area contributed by atoms with Crippen molar-refractivity contribution in [2.24, 2.45) is 17.6 Å². The summed E-state index contributed by atoms with van der Waals surface area (Å²) in [5, 5.41) is 0. The average Bonchev–Trinajstić information content (AvgIpc) is 2.65. The number of carbonyl (C=O) groups excluding carboxylic acids is 2. The number of likely N-dealkylation sites (tertiary alicyclic amines) is 1. The summed E-state index contributed by atoms with van der Waals surface area (Å²) < 4.78 is 5.58. The minimum absolute atomic E-state index is 0.109. The van der Waals surface area contributed by atoms with Gasteiger partial charge in [0.15, 0.2) is 0 Å². The molecular weight excluding hydrogens is 256 g/mol. The van der Waals surface area contributed by atoms with E-state index in [9.17, 15) is 9.59 Å². The van der Waals surface area contributed by atoms with E-state index in [2.05, 4.69) is 0 Å². The highest BCUT2D eigenvalue weighted by atomic mass is 16.5. The second-order valence-electron chi connectivity index (χ2n) is 5.11. The van der Waals surface area contributed by atoms with Crippen molar-refractivity contribution >= 4 is 11.8 Å². The molecular formula is C15H20N2O3. The molecule has 0 bridgehead atoms. The van der Waals surface area contributed by atoms with Crippen molar-refractivity contribution < 1.29 is 14.3 Å². The first kappa shape index (κ1) is 14.5. The van der Waals surface area contributed by atoms with E-state index >= 15 is 0 Å². The van der Waals surface area contributed by atoms with E-state index in [1.54, 1.807) is 13.8 Å². The lowest BCUT2D eigenvalue weighted by atomic mass is 10.00. The molecule has 20 heavy (non-hydrogen) atoms. The highest BCUT2D eigenvalue weighted by Crippen LogP contribution is 2.25. The molecule has 0 saturated carbocycles. The van der Waals surface area contributed by atoms with Gasteiger partial charge in [-0.05, 0) is 17.7 Å². The molecule has 5 heteroatoms. The third-order valence-corrected chi connectivity index (χ3v) is 3.78. The Morgan fingerprint density at radius 1 is 1.20 bits per heavy atom. The lowest BCUT2D eigenvalue weighted by Crippen LogP contribution is -2.34. The van der Waals surface area contributed by atoms with Gasteiger partial charge in [-0.3, -0.25) is 14.5 Å². The Morgan fingerprint density at radius 2 is 1.85 bits per heavy atom. The fourth-order valence-corrected chi connectivity index (χ4v) is 2.27. The average molecular weight is 276 g/mol. The Morgan fingerprint density at radius 3 is 2.45 bits per heavy atom. The number of benzene rings is 1. The molecule has 1 aliphatic rings. The van der Waals surface area contributed by atoms with Gasteiger partial charge in [-0.15, -0.1) is 0 Å². The lowest BCUT2D eigenvalue weighted by Gasteiger charge is -2.15. The van der Waals surface area contributed by atoms with Gasteiger partial charge < -0.3 is 10.5 Å². The van der Waals surface area contributed by atoms with Crippen LogP contribution in [0.1, 0.15) is 19.4 Å². The summed E-state index contributed by atoms with van der Waals surface area (Å²) in [7, 11) is 0. The van der Waals surface area contributed by atoms with Gasteiger partial charge in [0, 0.05) is 18.4 Å². The third-order valence-electron chi connectivity index (χ3n) is 3.78. The van der Waals surface area contributed by atoms with Crippen LogP contribution in [0.2, 0.25) is 0 Å². The lowest BCUT2D eigenvalue weighted by molar-refractivity contribution is -0.140. The Balaban J connectivity index is 1.90. The van der Waals surface area contributed by atoms with Crippen molar-refractivity contribution in [3.63, 3.8) is 0 Å². The van der Waals surface area contributed by atoms with Crippen molar-refractivity contribution in [3.8, 4) is 5.75 Å². The summed E-state index contributed by atoms with van der Waals surface area (Å²) in [6.07, 6.45) is 0. The molecule has 1 aromatic rings. The fraction of sp³-hybridized carbons (Fsp3) is 0.467. The fourth-order valence-electron chi connectivity index (χ4n) is 2.27. The number of ether oxygens (including phenoxy) is 1. The molecule has 5 nitrogen and oxygen atoms in total. The molecule has 0 aliphatic carbocycles. The Labute approximate surface area is 118 Å². The van der Waals surface area contributed by atoms with Crippen LogP contribution in [0.25, 0.3) is 0 Å². The number of nitrogens with two attached hydrogens (primary N) is 1. The molecule has 2 N–H and O–H groups in total. The maximum absolute atomic E-state index is 11.9. The van der Waals surface area contributed by atoms with Gasteiger partial charge in [-0.1, -0.05) is 26.0 Å². The summed E-state index contributed by atoms with van der Waals surface area (Å²) in [6, 6.07) is 7.48. The first-order chi connectivity index (χ1) is 9.54. The molecule has 2 atom stereocenters. The van der Waals surface area contributed by atoms with E-state index in [1.807, 2.05) is 24.3 Å². The second kappa shape index (κ2) is 6.05. The molecule has 2 amide bonds. The van der Waals surface area contributed by atoms with Crippen molar-refractivity contribution in [2.75, 3.05) is 13.2 Å². The molecule has 0 aromatic heterocycles. The summed E-state index contributed by atoms with van der Waals surface area (Å²) in [6.45, 7) is 4.62. The van der Waals surface area contributed by atoms with Crippen LogP contribution in [-0.4, -0.2) is 29.9 Å². The Kier molecular flexibility index (Phi) is 4.39. The first-order valence-electron chi connectivity index (χ1n) is 6.81. The van der Waals surface area contributed by atoms with Gasteiger partial charge in [0.1, 0.15) is 12.4 Å². The van der Waals surface area contributed by atoms with E-state index in [1.165, 1.54) is 4.90 Å². The van der Waals surface area contributed by atoms with E-state index in [4.69, 9.17) is 10.5 Å².